The summed E-state index contributed by atoms with van der Waals surface area (Å²) in [4.78, 5) is 33.5. The number of rotatable bonds is 20. The molecule has 0 radical (unpaired) electrons. The summed E-state index contributed by atoms with van der Waals surface area (Å²) in [5, 5.41) is 0. The summed E-state index contributed by atoms with van der Waals surface area (Å²) in [5.41, 5.74) is 0. The number of likely N-dealkylation sites (N-methyl/N-ethyl adjacent to an activating group) is 1. The molecule has 2 atom stereocenters. The zero-order valence-electron chi connectivity index (χ0n) is 20.7. The van der Waals surface area contributed by atoms with E-state index in [1.165, 1.54) is 32.1 Å². The Morgan fingerprint density at radius 1 is 0.875 bits per heavy atom. The zero-order chi connectivity index (χ0) is 24.5. The average molecular weight is 483 g/mol. The van der Waals surface area contributed by atoms with Gasteiger partial charge < -0.3 is 18.9 Å². The SMILES string of the molecule is CCCCCCCCCCC(=O)O[C@H](COC(=O)CC)COP(=O)(O)OCC[N+](C)(C)C. The number of phosphoric acid groups is 1. The molecule has 0 aromatic rings. The Labute approximate surface area is 193 Å². The second-order valence-electron chi connectivity index (χ2n) is 8.98. The summed E-state index contributed by atoms with van der Waals surface area (Å²) in [6.45, 7) is 3.73. The maximum atomic E-state index is 12.2. The fraction of sp³-hybridized carbons (Fsp3) is 0.909. The highest BCUT2D eigenvalue weighted by Crippen LogP contribution is 2.43. The highest BCUT2D eigenvalue weighted by Gasteiger charge is 2.26. The first-order valence-electron chi connectivity index (χ1n) is 11.8. The van der Waals surface area contributed by atoms with Crippen LogP contribution in [0.1, 0.15) is 78.1 Å². The third-order valence-corrected chi connectivity index (χ3v) is 5.68. The molecule has 0 aliphatic carbocycles. The summed E-state index contributed by atoms with van der Waals surface area (Å²) >= 11 is 0. The molecule has 0 aliphatic heterocycles. The van der Waals surface area contributed by atoms with Crippen molar-refractivity contribution in [3.63, 3.8) is 0 Å². The number of esters is 2. The predicted molar refractivity (Wildman–Crippen MR) is 123 cm³/mol. The van der Waals surface area contributed by atoms with Gasteiger partial charge in [0.15, 0.2) is 6.10 Å². The van der Waals surface area contributed by atoms with E-state index in [0.717, 1.165) is 12.8 Å². The molecule has 0 aromatic heterocycles. The molecule has 0 spiro atoms. The van der Waals surface area contributed by atoms with E-state index in [-0.39, 0.29) is 26.1 Å². The Bertz CT molecular complexity index is 565. The molecule has 0 fully saturated rings. The van der Waals surface area contributed by atoms with E-state index < -0.39 is 32.5 Å². The van der Waals surface area contributed by atoms with Gasteiger partial charge in [0.05, 0.1) is 27.7 Å². The molecule has 1 unspecified atom stereocenters. The predicted octanol–water partition coefficient (Wildman–Crippen LogP) is 4.22. The van der Waals surface area contributed by atoms with E-state index in [0.29, 0.717) is 17.4 Å². The Hall–Kier alpha value is -0.990. The van der Waals surface area contributed by atoms with Gasteiger partial charge in [0.1, 0.15) is 19.8 Å². The lowest BCUT2D eigenvalue weighted by Crippen LogP contribution is -2.37. The second-order valence-corrected chi connectivity index (χ2v) is 10.4. The molecule has 0 amide bonds. The van der Waals surface area contributed by atoms with Gasteiger partial charge in [-0.15, -0.1) is 0 Å². The Morgan fingerprint density at radius 3 is 2.03 bits per heavy atom. The second kappa shape index (κ2) is 17.5. The Balaban J connectivity index is 4.40. The first-order valence-corrected chi connectivity index (χ1v) is 13.3. The van der Waals surface area contributed by atoms with Crippen LogP contribution in [0.2, 0.25) is 0 Å². The third-order valence-electron chi connectivity index (χ3n) is 4.69. The van der Waals surface area contributed by atoms with Gasteiger partial charge in [-0.05, 0) is 6.42 Å². The molecule has 9 nitrogen and oxygen atoms in total. The maximum Gasteiger partial charge on any atom is 0.472 e. The smallest absolute Gasteiger partial charge is 0.462 e. The van der Waals surface area contributed by atoms with Crippen molar-refractivity contribution >= 4 is 19.8 Å². The number of nitrogens with zero attached hydrogens (tertiary/aromatic N) is 1. The van der Waals surface area contributed by atoms with Crippen LogP contribution in [0.25, 0.3) is 0 Å². The number of carbonyl (C=O) groups is 2. The molecule has 10 heteroatoms. The zero-order valence-corrected chi connectivity index (χ0v) is 21.6. The molecule has 0 aromatic carbocycles. The van der Waals surface area contributed by atoms with Crippen molar-refractivity contribution in [2.24, 2.45) is 0 Å². The molecule has 0 heterocycles. The van der Waals surface area contributed by atoms with E-state index >= 15 is 0 Å². The van der Waals surface area contributed by atoms with Crippen molar-refractivity contribution in [3.8, 4) is 0 Å². The van der Waals surface area contributed by atoms with Gasteiger partial charge in [-0.25, -0.2) is 4.57 Å². The highest BCUT2D eigenvalue weighted by atomic mass is 31.2. The van der Waals surface area contributed by atoms with Gasteiger partial charge in [-0.2, -0.15) is 0 Å². The lowest BCUT2D eigenvalue weighted by Gasteiger charge is -2.24. The van der Waals surface area contributed by atoms with Crippen LogP contribution in [0.3, 0.4) is 0 Å². The van der Waals surface area contributed by atoms with E-state index in [1.807, 2.05) is 21.1 Å². The van der Waals surface area contributed by atoms with Crippen LogP contribution in [0.4, 0.5) is 0 Å². The van der Waals surface area contributed by atoms with E-state index in [1.54, 1.807) is 6.92 Å². The van der Waals surface area contributed by atoms with Crippen LogP contribution < -0.4 is 0 Å². The minimum atomic E-state index is -4.31. The molecule has 0 rings (SSSR count). The summed E-state index contributed by atoms with van der Waals surface area (Å²) in [6.07, 6.45) is 8.29. The molecule has 32 heavy (non-hydrogen) atoms. The van der Waals surface area contributed by atoms with Gasteiger partial charge in [-0.1, -0.05) is 58.8 Å². The van der Waals surface area contributed by atoms with E-state index in [4.69, 9.17) is 18.5 Å². The van der Waals surface area contributed by atoms with Gasteiger partial charge in [0.2, 0.25) is 0 Å². The van der Waals surface area contributed by atoms with Crippen LogP contribution in [-0.4, -0.2) is 74.9 Å². The topological polar surface area (TPSA) is 108 Å². The molecule has 1 N–H and O–H groups in total. The number of ether oxygens (including phenoxy) is 2. The van der Waals surface area contributed by atoms with Gasteiger partial charge in [0.25, 0.3) is 0 Å². The number of hydrogen-bond acceptors (Lipinski definition) is 7. The van der Waals surface area contributed by atoms with Crippen LogP contribution in [0.5, 0.6) is 0 Å². The maximum absolute atomic E-state index is 12.2. The van der Waals surface area contributed by atoms with E-state index in [9.17, 15) is 19.0 Å². The number of carbonyl (C=O) groups excluding carboxylic acids is 2. The van der Waals surface area contributed by atoms with E-state index in [2.05, 4.69) is 6.92 Å². The highest BCUT2D eigenvalue weighted by molar-refractivity contribution is 7.47. The molecule has 0 bridgehead atoms. The number of hydrogen-bond donors (Lipinski definition) is 1. The Morgan fingerprint density at radius 2 is 1.47 bits per heavy atom. The quantitative estimate of drug-likeness (QED) is 0.119. The van der Waals surface area contributed by atoms with Crippen molar-refractivity contribution < 1.29 is 42.1 Å². The molecular weight excluding hydrogens is 437 g/mol. The fourth-order valence-electron chi connectivity index (χ4n) is 2.70. The molecule has 0 saturated carbocycles. The normalized spacial score (nSPS) is 14.6. The lowest BCUT2D eigenvalue weighted by atomic mass is 10.1. The van der Waals surface area contributed by atoms with Crippen LogP contribution in [0, 0.1) is 0 Å². The van der Waals surface area contributed by atoms with Crippen LogP contribution in [0.15, 0.2) is 0 Å². The standard InChI is InChI=1S/C22H44NO8P/c1-6-8-9-10-11-12-13-14-15-22(25)31-20(18-28-21(24)7-2)19-30-32(26,27)29-17-16-23(3,4)5/h20H,6-19H2,1-5H3/p+1/t20-/m1/s1. The van der Waals surface area contributed by atoms with Crippen molar-refractivity contribution in [2.75, 3.05) is 47.5 Å². The minimum absolute atomic E-state index is 0.0327. The first kappa shape index (κ1) is 31.0. The summed E-state index contributed by atoms with van der Waals surface area (Å²) in [5.74, 6) is -0.906. The number of unbranched alkanes of at least 4 members (excludes halogenated alkanes) is 7. The molecule has 190 valence electrons. The van der Waals surface area contributed by atoms with Crippen molar-refractivity contribution in [1.82, 2.24) is 0 Å². The van der Waals surface area contributed by atoms with Crippen LogP contribution in [-0.2, 0) is 32.7 Å². The Kier molecular flexibility index (Phi) is 16.9. The van der Waals surface area contributed by atoms with Gasteiger partial charge >= 0.3 is 19.8 Å². The largest absolute Gasteiger partial charge is 0.472 e. The number of quaternary nitrogens is 1. The summed E-state index contributed by atoms with van der Waals surface area (Å²) in [7, 11) is 1.47. The van der Waals surface area contributed by atoms with Crippen molar-refractivity contribution in [2.45, 2.75) is 84.2 Å². The first-order chi connectivity index (χ1) is 15.0. The number of phosphoric ester groups is 1. The monoisotopic (exact) mass is 482 g/mol. The molecule has 0 saturated heterocycles. The van der Waals surface area contributed by atoms with Crippen LogP contribution >= 0.6 is 7.82 Å². The van der Waals surface area contributed by atoms with Gasteiger partial charge in [0, 0.05) is 12.8 Å². The molecule has 0 aliphatic rings. The third kappa shape index (κ3) is 19.7. The fourth-order valence-corrected chi connectivity index (χ4v) is 3.44. The summed E-state index contributed by atoms with van der Waals surface area (Å²) < 4.78 is 32.9. The summed E-state index contributed by atoms with van der Waals surface area (Å²) in [6, 6.07) is 0. The van der Waals surface area contributed by atoms with Crippen molar-refractivity contribution in [3.05, 3.63) is 0 Å². The minimum Gasteiger partial charge on any atom is -0.462 e. The van der Waals surface area contributed by atoms with Crippen molar-refractivity contribution in [1.29, 1.82) is 0 Å². The molecular formula is C22H45NO8P+. The van der Waals surface area contributed by atoms with Gasteiger partial charge in [-0.3, -0.25) is 18.6 Å². The average Bonchev–Trinajstić information content (AvgIpc) is 2.70. The lowest BCUT2D eigenvalue weighted by molar-refractivity contribution is -0.870.